The number of ketones is 2. The molecule has 3 nitrogen and oxygen atoms in total. The number of carbonyl (C=O) groups is 2. The lowest BCUT2D eigenvalue weighted by atomic mass is 10.1. The monoisotopic (exact) mass is 169 g/mol. The zero-order chi connectivity index (χ0) is 10.1. The van der Waals surface area contributed by atoms with Crippen LogP contribution in [0.1, 0.15) is 26.7 Å². The number of terminal acetylenes is 1. The molecule has 0 amide bonds. The van der Waals surface area contributed by atoms with Crippen molar-refractivity contribution in [3.8, 4) is 12.8 Å². The molecule has 0 aliphatic carbocycles. The van der Waals surface area contributed by atoms with E-state index in [-0.39, 0.29) is 11.6 Å². The molecule has 0 aliphatic rings. The van der Waals surface area contributed by atoms with E-state index < -0.39 is 6.04 Å². The van der Waals surface area contributed by atoms with Crippen molar-refractivity contribution in [2.45, 2.75) is 32.7 Å². The summed E-state index contributed by atoms with van der Waals surface area (Å²) >= 11 is 0. The van der Waals surface area contributed by atoms with Gasteiger partial charge in [-0.15, -0.1) is 12.8 Å². The van der Waals surface area contributed by atoms with Crippen LogP contribution in [0.5, 0.6) is 0 Å². The Morgan fingerprint density at radius 1 is 1.33 bits per heavy atom. The van der Waals surface area contributed by atoms with Crippen LogP contribution in [-0.2, 0) is 9.59 Å². The highest BCUT2D eigenvalue weighted by Gasteiger charge is 2.07. The van der Waals surface area contributed by atoms with Crippen LogP contribution in [-0.4, -0.2) is 17.6 Å². The number of Topliss-reactive ketones (excluding diaryl/α,β-unsaturated/α-hetero) is 2. The van der Waals surface area contributed by atoms with Gasteiger partial charge in [-0.2, -0.15) is 0 Å². The first kappa shape index (κ1) is 13.4. The van der Waals surface area contributed by atoms with E-state index in [1.807, 2.05) is 0 Å². The van der Waals surface area contributed by atoms with Crippen LogP contribution in [0, 0.1) is 12.8 Å². The standard InChI is InChI=1S/C7H13NO2.C2H2/c1-5(9)3-4-7(8)6(2)10;1-2/h7H,3-4,8H2,1-2H3;1-2H/t7-;/m0./s1. The van der Waals surface area contributed by atoms with Crippen LogP contribution in [0.15, 0.2) is 0 Å². The smallest absolute Gasteiger partial charge is 0.146 e. The van der Waals surface area contributed by atoms with Crippen LogP contribution < -0.4 is 5.73 Å². The molecule has 1 atom stereocenters. The Bertz CT molecular complexity index is 173. The maximum absolute atomic E-state index is 10.5. The third-order valence-corrected chi connectivity index (χ3v) is 1.33. The summed E-state index contributed by atoms with van der Waals surface area (Å²) in [5, 5.41) is 0. The number of rotatable bonds is 4. The van der Waals surface area contributed by atoms with E-state index >= 15 is 0 Å². The van der Waals surface area contributed by atoms with E-state index in [1.165, 1.54) is 13.8 Å². The molecule has 68 valence electrons. The molecule has 2 N–H and O–H groups in total. The van der Waals surface area contributed by atoms with Gasteiger partial charge in [0.25, 0.3) is 0 Å². The molecule has 0 rings (SSSR count). The van der Waals surface area contributed by atoms with Crippen molar-refractivity contribution in [3.63, 3.8) is 0 Å². The highest BCUT2D eigenvalue weighted by Crippen LogP contribution is 1.95. The summed E-state index contributed by atoms with van der Waals surface area (Å²) in [6, 6.07) is -0.455. The lowest BCUT2D eigenvalue weighted by molar-refractivity contribution is -0.119. The first-order valence-electron chi connectivity index (χ1n) is 3.63. The average Bonchev–Trinajstić information content (AvgIpc) is 2.03. The Hall–Kier alpha value is -1.14. The van der Waals surface area contributed by atoms with Crippen molar-refractivity contribution in [1.82, 2.24) is 0 Å². The quantitative estimate of drug-likeness (QED) is 0.624. The molecule has 0 saturated carbocycles. The van der Waals surface area contributed by atoms with Crippen LogP contribution in [0.4, 0.5) is 0 Å². The fourth-order valence-corrected chi connectivity index (χ4v) is 0.562. The van der Waals surface area contributed by atoms with Gasteiger partial charge in [0, 0.05) is 6.42 Å². The summed E-state index contributed by atoms with van der Waals surface area (Å²) < 4.78 is 0. The SMILES string of the molecule is C#C.CC(=O)CC[C@H](N)C(C)=O. The van der Waals surface area contributed by atoms with Crippen molar-refractivity contribution in [1.29, 1.82) is 0 Å². The minimum Gasteiger partial charge on any atom is -0.322 e. The van der Waals surface area contributed by atoms with E-state index in [4.69, 9.17) is 5.73 Å². The highest BCUT2D eigenvalue weighted by atomic mass is 16.1. The first-order valence-corrected chi connectivity index (χ1v) is 3.63. The molecule has 3 heteroatoms. The Kier molecular flexibility index (Phi) is 8.92. The second-order valence-corrected chi connectivity index (χ2v) is 2.46. The minimum atomic E-state index is -0.455. The van der Waals surface area contributed by atoms with Crippen molar-refractivity contribution in [2.75, 3.05) is 0 Å². The highest BCUT2D eigenvalue weighted by molar-refractivity contribution is 5.82. The molecule has 0 aromatic heterocycles. The number of nitrogens with two attached hydrogens (primary N) is 1. The zero-order valence-electron chi connectivity index (χ0n) is 7.54. The summed E-state index contributed by atoms with van der Waals surface area (Å²) in [5.74, 6) is 0.0259. The molecule has 0 bridgehead atoms. The Labute approximate surface area is 73.3 Å². The molecular weight excluding hydrogens is 154 g/mol. The number of hydrogen-bond donors (Lipinski definition) is 1. The second-order valence-electron chi connectivity index (χ2n) is 2.46. The maximum Gasteiger partial charge on any atom is 0.146 e. The lowest BCUT2D eigenvalue weighted by Crippen LogP contribution is -2.28. The minimum absolute atomic E-state index is 0.0544. The predicted octanol–water partition coefficient (Wildman–Crippen LogP) is 0.521. The molecule has 0 aliphatic heterocycles. The third-order valence-electron chi connectivity index (χ3n) is 1.33. The van der Waals surface area contributed by atoms with Gasteiger partial charge in [0.1, 0.15) is 11.6 Å². The Balaban J connectivity index is 0. The summed E-state index contributed by atoms with van der Waals surface area (Å²) in [5.41, 5.74) is 5.36. The largest absolute Gasteiger partial charge is 0.322 e. The van der Waals surface area contributed by atoms with Crippen molar-refractivity contribution in [3.05, 3.63) is 0 Å². The van der Waals surface area contributed by atoms with Gasteiger partial charge in [0.2, 0.25) is 0 Å². The van der Waals surface area contributed by atoms with Crippen LogP contribution in [0.2, 0.25) is 0 Å². The summed E-state index contributed by atoms with van der Waals surface area (Å²) in [4.78, 5) is 20.9. The molecule has 0 radical (unpaired) electrons. The van der Waals surface area contributed by atoms with Gasteiger partial charge in [-0.3, -0.25) is 4.79 Å². The van der Waals surface area contributed by atoms with E-state index in [2.05, 4.69) is 12.8 Å². The van der Waals surface area contributed by atoms with E-state index in [1.54, 1.807) is 0 Å². The van der Waals surface area contributed by atoms with Gasteiger partial charge in [-0.25, -0.2) is 0 Å². The summed E-state index contributed by atoms with van der Waals surface area (Å²) in [7, 11) is 0. The molecule has 0 spiro atoms. The fourth-order valence-electron chi connectivity index (χ4n) is 0.562. The van der Waals surface area contributed by atoms with Crippen LogP contribution >= 0.6 is 0 Å². The molecule has 0 unspecified atom stereocenters. The second kappa shape index (κ2) is 7.96. The number of hydrogen-bond acceptors (Lipinski definition) is 3. The summed E-state index contributed by atoms with van der Waals surface area (Å²) in [6.45, 7) is 2.93. The Morgan fingerprint density at radius 2 is 1.75 bits per heavy atom. The molecular formula is C9H15NO2. The summed E-state index contributed by atoms with van der Waals surface area (Å²) in [6.07, 6.45) is 8.88. The molecule has 0 heterocycles. The van der Waals surface area contributed by atoms with E-state index in [0.29, 0.717) is 12.8 Å². The van der Waals surface area contributed by atoms with Crippen molar-refractivity contribution < 1.29 is 9.59 Å². The first-order chi connectivity index (χ1) is 5.54. The van der Waals surface area contributed by atoms with Gasteiger partial charge in [0.15, 0.2) is 0 Å². The van der Waals surface area contributed by atoms with Gasteiger partial charge in [0.05, 0.1) is 6.04 Å². The lowest BCUT2D eigenvalue weighted by Gasteiger charge is -2.03. The van der Waals surface area contributed by atoms with Crippen molar-refractivity contribution >= 4 is 11.6 Å². The van der Waals surface area contributed by atoms with Gasteiger partial charge in [-0.1, -0.05) is 0 Å². The topological polar surface area (TPSA) is 60.2 Å². The average molecular weight is 169 g/mol. The number of carbonyl (C=O) groups excluding carboxylic acids is 2. The molecule has 0 aromatic rings. The van der Waals surface area contributed by atoms with Crippen LogP contribution in [0.3, 0.4) is 0 Å². The van der Waals surface area contributed by atoms with E-state index in [9.17, 15) is 9.59 Å². The van der Waals surface area contributed by atoms with Gasteiger partial charge in [-0.05, 0) is 20.3 Å². The third kappa shape index (κ3) is 8.86. The van der Waals surface area contributed by atoms with Gasteiger partial charge >= 0.3 is 0 Å². The van der Waals surface area contributed by atoms with Crippen molar-refractivity contribution in [2.24, 2.45) is 5.73 Å². The normalized spacial score (nSPS) is 10.8. The molecule has 0 saturated heterocycles. The van der Waals surface area contributed by atoms with Gasteiger partial charge < -0.3 is 10.5 Å². The molecule has 0 aromatic carbocycles. The predicted molar refractivity (Wildman–Crippen MR) is 48.5 cm³/mol. The van der Waals surface area contributed by atoms with Crippen LogP contribution in [0.25, 0.3) is 0 Å². The Morgan fingerprint density at radius 3 is 2.00 bits per heavy atom. The van der Waals surface area contributed by atoms with E-state index in [0.717, 1.165) is 0 Å². The maximum atomic E-state index is 10.5. The fraction of sp³-hybridized carbons (Fsp3) is 0.556. The molecule has 0 fully saturated rings. The molecule has 12 heavy (non-hydrogen) atoms. The zero-order valence-corrected chi connectivity index (χ0v) is 7.54.